The molecule has 1 saturated heterocycles. The van der Waals surface area contributed by atoms with Crippen LogP contribution in [0.25, 0.3) is 0 Å². The Morgan fingerprint density at radius 3 is 2.61 bits per heavy atom. The highest BCUT2D eigenvalue weighted by Crippen LogP contribution is 2.40. The van der Waals surface area contributed by atoms with Crippen molar-refractivity contribution in [2.45, 2.75) is 25.1 Å². The molecular weight excluding hydrogens is 305 g/mol. The molecule has 2 rings (SSSR count). The number of hydrogen-bond acceptors (Lipinski definition) is 3. The largest absolute Gasteiger partial charge is 0.497 e. The van der Waals surface area contributed by atoms with Crippen LogP contribution in [0.5, 0.6) is 5.75 Å². The highest BCUT2D eigenvalue weighted by Gasteiger charge is 2.37. The van der Waals surface area contributed by atoms with Gasteiger partial charge in [-0.25, -0.2) is 0 Å². The van der Waals surface area contributed by atoms with Gasteiger partial charge in [-0.15, -0.1) is 6.58 Å². The van der Waals surface area contributed by atoms with Crippen molar-refractivity contribution in [2.24, 2.45) is 0 Å². The molecule has 128 valence electrons. The van der Waals surface area contributed by atoms with Crippen molar-refractivity contribution in [2.75, 3.05) is 33.3 Å². The molecule has 0 saturated carbocycles. The normalized spacial score (nSPS) is 17.7. The van der Waals surface area contributed by atoms with E-state index in [2.05, 4.69) is 16.8 Å². The van der Waals surface area contributed by atoms with E-state index in [0.29, 0.717) is 18.4 Å². The molecule has 0 spiro atoms. The monoisotopic (exact) mass is 328 g/mol. The lowest BCUT2D eigenvalue weighted by atomic mass is 9.94. The van der Waals surface area contributed by atoms with Crippen LogP contribution >= 0.6 is 0 Å². The van der Waals surface area contributed by atoms with Crippen molar-refractivity contribution in [3.05, 3.63) is 42.0 Å². The van der Waals surface area contributed by atoms with Crippen molar-refractivity contribution in [3.63, 3.8) is 0 Å². The smallest absolute Gasteiger partial charge is 0.416 e. The van der Waals surface area contributed by atoms with E-state index in [9.17, 15) is 13.2 Å². The fourth-order valence-electron chi connectivity index (χ4n) is 3.00. The van der Waals surface area contributed by atoms with Gasteiger partial charge in [0.1, 0.15) is 5.75 Å². The lowest BCUT2D eigenvalue weighted by molar-refractivity contribution is -0.139. The molecule has 1 aromatic rings. The summed E-state index contributed by atoms with van der Waals surface area (Å²) in [5.41, 5.74) is -0.286. The summed E-state index contributed by atoms with van der Waals surface area (Å²) in [6, 6.07) is 3.99. The minimum Gasteiger partial charge on any atom is -0.497 e. The number of hydrogen-bond donors (Lipinski definition) is 1. The number of rotatable bonds is 6. The zero-order valence-electron chi connectivity index (χ0n) is 13.3. The second-order valence-corrected chi connectivity index (χ2v) is 5.62. The molecule has 23 heavy (non-hydrogen) atoms. The Balaban J connectivity index is 2.41. The van der Waals surface area contributed by atoms with Gasteiger partial charge in [0.15, 0.2) is 0 Å². The van der Waals surface area contributed by atoms with Crippen molar-refractivity contribution >= 4 is 0 Å². The number of allylic oxidation sites excluding steroid dienone is 1. The van der Waals surface area contributed by atoms with Gasteiger partial charge in [0.25, 0.3) is 0 Å². The molecule has 0 bridgehead atoms. The lowest BCUT2D eigenvalue weighted by Gasteiger charge is -2.36. The van der Waals surface area contributed by atoms with Gasteiger partial charge >= 0.3 is 6.18 Å². The van der Waals surface area contributed by atoms with E-state index in [1.54, 1.807) is 18.2 Å². The molecule has 1 aliphatic heterocycles. The predicted octanol–water partition coefficient (Wildman–Crippen LogP) is 3.63. The molecule has 1 fully saturated rings. The van der Waals surface area contributed by atoms with Crippen LogP contribution in [0, 0.1) is 0 Å². The third-order valence-corrected chi connectivity index (χ3v) is 4.16. The van der Waals surface area contributed by atoms with Crippen molar-refractivity contribution in [1.82, 2.24) is 10.2 Å². The van der Waals surface area contributed by atoms with E-state index in [0.717, 1.165) is 32.2 Å². The lowest BCUT2D eigenvalue weighted by Crippen LogP contribution is -2.45. The summed E-state index contributed by atoms with van der Waals surface area (Å²) in [4.78, 5) is 2.12. The van der Waals surface area contributed by atoms with E-state index >= 15 is 0 Å². The van der Waals surface area contributed by atoms with E-state index in [-0.39, 0.29) is 11.8 Å². The number of halogens is 3. The number of ether oxygens (including phenoxy) is 1. The number of methoxy groups -OCH3 is 1. The molecule has 1 aromatic carbocycles. The molecule has 1 N–H and O–H groups in total. The van der Waals surface area contributed by atoms with Crippen LogP contribution in [-0.2, 0) is 6.18 Å². The van der Waals surface area contributed by atoms with Crippen LogP contribution in [0.2, 0.25) is 0 Å². The van der Waals surface area contributed by atoms with E-state index in [4.69, 9.17) is 4.74 Å². The Morgan fingerprint density at radius 2 is 2.04 bits per heavy atom. The van der Waals surface area contributed by atoms with Gasteiger partial charge in [-0.05, 0) is 30.5 Å². The highest BCUT2D eigenvalue weighted by atomic mass is 19.4. The van der Waals surface area contributed by atoms with E-state index in [1.807, 2.05) is 0 Å². The standard InChI is InChI=1S/C17H23F3N2O/c1-3-4-5-16(22-10-8-21-9-11-22)14-7-6-13(23-2)12-15(14)17(18,19)20/h3,6-7,12,16,21H,1,4-5,8-11H2,2H3/t16-/m0/s1. The fourth-order valence-corrected chi connectivity index (χ4v) is 3.00. The van der Waals surface area contributed by atoms with Crippen molar-refractivity contribution in [3.8, 4) is 5.75 Å². The third-order valence-electron chi connectivity index (χ3n) is 4.16. The molecule has 0 aliphatic carbocycles. The predicted molar refractivity (Wildman–Crippen MR) is 84.6 cm³/mol. The van der Waals surface area contributed by atoms with Crippen LogP contribution in [0.15, 0.2) is 30.9 Å². The number of nitrogens with zero attached hydrogens (tertiary/aromatic N) is 1. The quantitative estimate of drug-likeness (QED) is 0.807. The van der Waals surface area contributed by atoms with Gasteiger partial charge in [-0.3, -0.25) is 4.90 Å². The second kappa shape index (κ2) is 7.84. The first kappa shape index (κ1) is 17.8. The minimum absolute atomic E-state index is 0.226. The molecule has 0 radical (unpaired) electrons. The topological polar surface area (TPSA) is 24.5 Å². The van der Waals surface area contributed by atoms with Crippen LogP contribution in [-0.4, -0.2) is 38.2 Å². The minimum atomic E-state index is -4.40. The molecule has 3 nitrogen and oxygen atoms in total. The van der Waals surface area contributed by atoms with Crippen LogP contribution in [0.3, 0.4) is 0 Å². The summed E-state index contributed by atoms with van der Waals surface area (Å²) in [5.74, 6) is 0.226. The van der Waals surface area contributed by atoms with Gasteiger partial charge in [0, 0.05) is 32.2 Å². The van der Waals surface area contributed by atoms with Gasteiger partial charge in [0.2, 0.25) is 0 Å². The molecule has 0 aromatic heterocycles. The van der Waals surface area contributed by atoms with Gasteiger partial charge in [-0.2, -0.15) is 13.2 Å². The average Bonchev–Trinajstić information content (AvgIpc) is 2.55. The summed E-state index contributed by atoms with van der Waals surface area (Å²) in [6.45, 7) is 6.77. The Kier molecular flexibility index (Phi) is 6.07. The molecule has 0 unspecified atom stereocenters. The SMILES string of the molecule is C=CCC[C@@H](c1ccc(OC)cc1C(F)(F)F)N1CCNCC1. The summed E-state index contributed by atoms with van der Waals surface area (Å²) in [7, 11) is 1.38. The number of nitrogens with one attached hydrogen (secondary N) is 1. The van der Waals surface area contributed by atoms with Crippen molar-refractivity contribution in [1.29, 1.82) is 0 Å². The zero-order valence-corrected chi connectivity index (χ0v) is 13.3. The first-order valence-corrected chi connectivity index (χ1v) is 7.78. The Morgan fingerprint density at radius 1 is 1.35 bits per heavy atom. The van der Waals surface area contributed by atoms with Crippen LogP contribution in [0.4, 0.5) is 13.2 Å². The van der Waals surface area contributed by atoms with Crippen LogP contribution in [0.1, 0.15) is 30.0 Å². The summed E-state index contributed by atoms with van der Waals surface area (Å²) in [5, 5.41) is 3.24. The summed E-state index contributed by atoms with van der Waals surface area (Å²) >= 11 is 0. The maximum Gasteiger partial charge on any atom is 0.416 e. The first-order valence-electron chi connectivity index (χ1n) is 7.78. The molecule has 1 aliphatic rings. The van der Waals surface area contributed by atoms with Crippen molar-refractivity contribution < 1.29 is 17.9 Å². The zero-order chi connectivity index (χ0) is 16.9. The number of piperazine rings is 1. The summed E-state index contributed by atoms with van der Waals surface area (Å²) in [6.07, 6.45) is -1.34. The van der Waals surface area contributed by atoms with E-state index < -0.39 is 11.7 Å². The van der Waals surface area contributed by atoms with E-state index in [1.165, 1.54) is 7.11 Å². The molecule has 1 atom stereocenters. The highest BCUT2D eigenvalue weighted by molar-refractivity contribution is 5.39. The maximum absolute atomic E-state index is 13.5. The molecular formula is C17H23F3N2O. The molecule has 1 heterocycles. The Labute approximate surface area is 135 Å². The van der Waals surface area contributed by atoms with Gasteiger partial charge < -0.3 is 10.1 Å². The average molecular weight is 328 g/mol. The fraction of sp³-hybridized carbons (Fsp3) is 0.529. The summed E-state index contributed by atoms with van der Waals surface area (Å²) < 4.78 is 45.5. The van der Waals surface area contributed by atoms with Gasteiger partial charge in [-0.1, -0.05) is 12.1 Å². The molecule has 6 heteroatoms. The molecule has 0 amide bonds. The Hall–Kier alpha value is -1.53. The maximum atomic E-state index is 13.5. The Bertz CT molecular complexity index is 525. The number of alkyl halides is 3. The number of benzene rings is 1. The first-order chi connectivity index (χ1) is 11.0. The second-order valence-electron chi connectivity index (χ2n) is 5.62. The third kappa shape index (κ3) is 4.48. The van der Waals surface area contributed by atoms with Gasteiger partial charge in [0.05, 0.1) is 12.7 Å². The van der Waals surface area contributed by atoms with Crippen LogP contribution < -0.4 is 10.1 Å².